The van der Waals surface area contributed by atoms with Crippen LogP contribution in [0.2, 0.25) is 0 Å². The van der Waals surface area contributed by atoms with Gasteiger partial charge in [0.25, 0.3) is 0 Å². The third kappa shape index (κ3) is 2.95. The molecule has 1 unspecified atom stereocenters. The summed E-state index contributed by atoms with van der Waals surface area (Å²) in [6.45, 7) is 7.30. The van der Waals surface area contributed by atoms with Gasteiger partial charge in [0.1, 0.15) is 0 Å². The largest absolute Gasteiger partial charge is 0.383 e. The van der Waals surface area contributed by atoms with E-state index in [-0.39, 0.29) is 0 Å². The molecule has 0 aromatic rings. The van der Waals surface area contributed by atoms with Gasteiger partial charge in [0, 0.05) is 22.9 Å². The van der Waals surface area contributed by atoms with Gasteiger partial charge in [-0.1, -0.05) is 32.9 Å². The molecule has 1 aliphatic heterocycles. The normalized spacial score (nSPS) is 24.4. The molecule has 2 heteroatoms. The zero-order valence-electron chi connectivity index (χ0n) is 9.21. The zero-order valence-corrected chi connectivity index (χ0v) is 10.0. The highest BCUT2D eigenvalue weighted by molar-refractivity contribution is 8.03. The molecule has 0 aromatic carbocycles. The van der Waals surface area contributed by atoms with Crippen LogP contribution in [0.15, 0.2) is 34.9 Å². The van der Waals surface area contributed by atoms with Crippen molar-refractivity contribution in [1.29, 1.82) is 0 Å². The molecule has 1 aliphatic carbocycles. The Balaban J connectivity index is 0.000000461. The quantitative estimate of drug-likeness (QED) is 0.657. The SMILES string of the molecule is CC.CC1C=CC2=C(C=C1)SCCN2. The Morgan fingerprint density at radius 3 is 2.79 bits per heavy atom. The second-order valence-electron chi connectivity index (χ2n) is 3.13. The van der Waals surface area contributed by atoms with E-state index in [1.54, 1.807) is 0 Å². The molecule has 0 radical (unpaired) electrons. The Hall–Kier alpha value is -0.630. The van der Waals surface area contributed by atoms with E-state index >= 15 is 0 Å². The Bertz CT molecular complexity index is 237. The summed E-state index contributed by atoms with van der Waals surface area (Å²) in [6.07, 6.45) is 8.92. The van der Waals surface area contributed by atoms with Crippen LogP contribution >= 0.6 is 11.8 Å². The number of rotatable bonds is 0. The number of thioether (sulfide) groups is 1. The number of hydrogen-bond donors (Lipinski definition) is 1. The van der Waals surface area contributed by atoms with Crippen molar-refractivity contribution in [1.82, 2.24) is 5.32 Å². The van der Waals surface area contributed by atoms with Gasteiger partial charge in [-0.2, -0.15) is 0 Å². The van der Waals surface area contributed by atoms with Gasteiger partial charge < -0.3 is 5.32 Å². The van der Waals surface area contributed by atoms with E-state index in [9.17, 15) is 0 Å². The van der Waals surface area contributed by atoms with Crippen molar-refractivity contribution in [3.63, 3.8) is 0 Å². The van der Waals surface area contributed by atoms with E-state index in [1.807, 2.05) is 25.6 Å². The Morgan fingerprint density at radius 1 is 1.29 bits per heavy atom. The van der Waals surface area contributed by atoms with Gasteiger partial charge in [-0.3, -0.25) is 0 Å². The van der Waals surface area contributed by atoms with E-state index in [1.165, 1.54) is 16.4 Å². The molecule has 14 heavy (non-hydrogen) atoms. The first-order valence-corrected chi connectivity index (χ1v) is 6.32. The minimum absolute atomic E-state index is 0.568. The lowest BCUT2D eigenvalue weighted by atomic mass is 10.2. The van der Waals surface area contributed by atoms with Crippen LogP contribution in [0, 0.1) is 5.92 Å². The van der Waals surface area contributed by atoms with Gasteiger partial charge in [0.15, 0.2) is 0 Å². The number of nitrogens with one attached hydrogen (secondary N) is 1. The molecular formula is C12H19NS. The second-order valence-corrected chi connectivity index (χ2v) is 4.27. The van der Waals surface area contributed by atoms with Crippen LogP contribution in [-0.4, -0.2) is 12.3 Å². The molecule has 0 bridgehead atoms. The van der Waals surface area contributed by atoms with Gasteiger partial charge in [0.05, 0.1) is 0 Å². The Kier molecular flexibility index (Phi) is 4.88. The molecule has 0 saturated carbocycles. The van der Waals surface area contributed by atoms with E-state index in [4.69, 9.17) is 0 Å². The molecule has 1 heterocycles. The predicted molar refractivity (Wildman–Crippen MR) is 66.3 cm³/mol. The van der Waals surface area contributed by atoms with Crippen molar-refractivity contribution in [2.45, 2.75) is 20.8 Å². The molecule has 2 rings (SSSR count). The lowest BCUT2D eigenvalue weighted by Crippen LogP contribution is -2.20. The summed E-state index contributed by atoms with van der Waals surface area (Å²) < 4.78 is 0. The van der Waals surface area contributed by atoms with Crippen molar-refractivity contribution < 1.29 is 0 Å². The van der Waals surface area contributed by atoms with Gasteiger partial charge in [-0.15, -0.1) is 11.8 Å². The van der Waals surface area contributed by atoms with Crippen LogP contribution < -0.4 is 5.32 Å². The first kappa shape index (κ1) is 11.4. The highest BCUT2D eigenvalue weighted by Crippen LogP contribution is 2.26. The van der Waals surface area contributed by atoms with Gasteiger partial charge in [-0.25, -0.2) is 0 Å². The second kappa shape index (κ2) is 5.97. The summed E-state index contributed by atoms with van der Waals surface area (Å²) in [6, 6.07) is 0. The molecule has 0 spiro atoms. The minimum Gasteiger partial charge on any atom is -0.383 e. The summed E-state index contributed by atoms with van der Waals surface area (Å²) in [5.41, 5.74) is 1.30. The van der Waals surface area contributed by atoms with Crippen LogP contribution in [0.5, 0.6) is 0 Å². The summed E-state index contributed by atoms with van der Waals surface area (Å²) in [5, 5.41) is 3.40. The van der Waals surface area contributed by atoms with Crippen LogP contribution in [0.4, 0.5) is 0 Å². The van der Waals surface area contributed by atoms with Crippen molar-refractivity contribution >= 4 is 11.8 Å². The minimum atomic E-state index is 0.568. The fourth-order valence-corrected chi connectivity index (χ4v) is 2.24. The average Bonchev–Trinajstić information content (AvgIpc) is 2.45. The molecule has 0 aromatic heterocycles. The summed E-state index contributed by atoms with van der Waals surface area (Å²) in [4.78, 5) is 1.39. The van der Waals surface area contributed by atoms with Crippen molar-refractivity contribution in [3.8, 4) is 0 Å². The standard InChI is InChI=1S/C10H13NS.C2H6/c1-8-2-4-9-10(5-3-8)12-7-6-11-9;1-2/h2-5,8,11H,6-7H2,1H3;1-2H3. The maximum atomic E-state index is 3.40. The zero-order chi connectivity index (χ0) is 10.4. The smallest absolute Gasteiger partial charge is 0.0475 e. The molecule has 1 N–H and O–H groups in total. The lowest BCUT2D eigenvalue weighted by molar-refractivity contribution is 0.872. The third-order valence-corrected chi connectivity index (χ3v) is 3.13. The highest BCUT2D eigenvalue weighted by Gasteiger charge is 2.10. The Morgan fingerprint density at radius 2 is 2.00 bits per heavy atom. The summed E-state index contributed by atoms with van der Waals surface area (Å²) in [7, 11) is 0. The van der Waals surface area contributed by atoms with E-state index in [2.05, 4.69) is 36.5 Å². The van der Waals surface area contributed by atoms with Crippen molar-refractivity contribution in [2.24, 2.45) is 5.92 Å². The maximum absolute atomic E-state index is 3.40. The summed E-state index contributed by atoms with van der Waals surface area (Å²) >= 11 is 1.94. The molecule has 0 amide bonds. The molecule has 0 fully saturated rings. The fraction of sp³-hybridized carbons (Fsp3) is 0.500. The topological polar surface area (TPSA) is 12.0 Å². The number of hydrogen-bond acceptors (Lipinski definition) is 2. The molecule has 1 atom stereocenters. The molecule has 0 saturated heterocycles. The van der Waals surface area contributed by atoms with Gasteiger partial charge in [-0.05, 0) is 18.1 Å². The van der Waals surface area contributed by atoms with Crippen LogP contribution in [0.25, 0.3) is 0 Å². The lowest BCUT2D eigenvalue weighted by Gasteiger charge is -2.16. The molecular weight excluding hydrogens is 190 g/mol. The monoisotopic (exact) mass is 209 g/mol. The van der Waals surface area contributed by atoms with Gasteiger partial charge in [0.2, 0.25) is 0 Å². The average molecular weight is 209 g/mol. The van der Waals surface area contributed by atoms with Crippen molar-refractivity contribution in [2.75, 3.05) is 12.3 Å². The number of allylic oxidation sites excluding steroid dienone is 4. The first-order valence-electron chi connectivity index (χ1n) is 5.33. The van der Waals surface area contributed by atoms with Crippen LogP contribution in [-0.2, 0) is 0 Å². The third-order valence-electron chi connectivity index (χ3n) is 2.06. The van der Waals surface area contributed by atoms with Crippen LogP contribution in [0.3, 0.4) is 0 Å². The van der Waals surface area contributed by atoms with Crippen molar-refractivity contribution in [3.05, 3.63) is 34.9 Å². The molecule has 1 nitrogen and oxygen atoms in total. The fourth-order valence-electron chi connectivity index (χ4n) is 1.34. The molecule has 2 aliphatic rings. The van der Waals surface area contributed by atoms with E-state index in [0.717, 1.165) is 6.54 Å². The molecule has 78 valence electrons. The van der Waals surface area contributed by atoms with E-state index < -0.39 is 0 Å². The van der Waals surface area contributed by atoms with E-state index in [0.29, 0.717) is 5.92 Å². The first-order chi connectivity index (χ1) is 6.86. The summed E-state index contributed by atoms with van der Waals surface area (Å²) in [5.74, 6) is 1.75. The highest BCUT2D eigenvalue weighted by atomic mass is 32.2. The van der Waals surface area contributed by atoms with Crippen LogP contribution in [0.1, 0.15) is 20.8 Å². The maximum Gasteiger partial charge on any atom is 0.0475 e. The predicted octanol–water partition coefficient (Wildman–Crippen LogP) is 3.32. The van der Waals surface area contributed by atoms with Gasteiger partial charge >= 0.3 is 0 Å². The Labute approximate surface area is 91.4 Å².